The minimum Gasteiger partial charge on any atom is -0.337 e. The summed E-state index contributed by atoms with van der Waals surface area (Å²) >= 11 is 0. The summed E-state index contributed by atoms with van der Waals surface area (Å²) in [7, 11) is 1.49. The number of amides is 1. The highest BCUT2D eigenvalue weighted by Gasteiger charge is 2.19. The van der Waals surface area contributed by atoms with Crippen LogP contribution in [0, 0.1) is 11.8 Å². The van der Waals surface area contributed by atoms with Crippen molar-refractivity contribution in [1.82, 2.24) is 20.1 Å². The second-order valence-corrected chi connectivity index (χ2v) is 3.73. The van der Waals surface area contributed by atoms with Crippen LogP contribution in [0.3, 0.4) is 0 Å². The molecule has 1 N–H and O–H groups in total. The van der Waals surface area contributed by atoms with Gasteiger partial charge >= 0.3 is 0 Å². The predicted octanol–water partition coefficient (Wildman–Crippen LogP) is 1.36. The van der Waals surface area contributed by atoms with Crippen molar-refractivity contribution in [2.45, 2.75) is 6.54 Å². The lowest BCUT2D eigenvalue weighted by Crippen LogP contribution is -2.27. The van der Waals surface area contributed by atoms with Crippen LogP contribution in [0.15, 0.2) is 24.7 Å². The molecule has 0 fully saturated rings. The monoisotopic (exact) mass is 252 g/mol. The van der Waals surface area contributed by atoms with Gasteiger partial charge in [-0.25, -0.2) is 9.37 Å². The van der Waals surface area contributed by atoms with Gasteiger partial charge in [-0.15, -0.1) is 0 Å². The van der Waals surface area contributed by atoms with E-state index in [1.165, 1.54) is 11.9 Å². The number of nitrogens with one attached hydrogen (secondary N) is 1. The molecule has 0 saturated carbocycles. The Morgan fingerprint density at radius 1 is 1.50 bits per heavy atom. The highest BCUT2D eigenvalue weighted by atomic mass is 19.2. The average molecular weight is 252 g/mol. The smallest absolute Gasteiger partial charge is 0.257 e. The van der Waals surface area contributed by atoms with Crippen molar-refractivity contribution in [3.8, 4) is 0 Å². The number of rotatable bonds is 3. The Bertz CT molecular complexity index is 556. The van der Waals surface area contributed by atoms with E-state index < -0.39 is 17.7 Å². The molecule has 2 heterocycles. The minimum atomic E-state index is -1.28. The van der Waals surface area contributed by atoms with Gasteiger partial charge in [0.25, 0.3) is 5.91 Å². The number of pyridine rings is 1. The molecule has 0 aliphatic rings. The molecule has 0 saturated heterocycles. The number of hydrogen-bond acceptors (Lipinski definition) is 3. The molecule has 0 atom stereocenters. The van der Waals surface area contributed by atoms with Gasteiger partial charge in [-0.2, -0.15) is 9.49 Å². The Labute approximate surface area is 101 Å². The Kier molecular flexibility index (Phi) is 3.31. The first-order chi connectivity index (χ1) is 8.59. The van der Waals surface area contributed by atoms with Crippen molar-refractivity contribution < 1.29 is 13.6 Å². The van der Waals surface area contributed by atoms with Gasteiger partial charge < -0.3 is 4.90 Å². The van der Waals surface area contributed by atoms with Gasteiger partial charge in [0.15, 0.2) is 5.82 Å². The summed E-state index contributed by atoms with van der Waals surface area (Å²) in [5, 5.41) is 6.33. The maximum atomic E-state index is 13.4. The van der Waals surface area contributed by atoms with Crippen LogP contribution < -0.4 is 0 Å². The Hall–Kier alpha value is -2.31. The van der Waals surface area contributed by atoms with Crippen LogP contribution in [-0.4, -0.2) is 33.0 Å². The molecule has 94 valence electrons. The first-order valence-electron chi connectivity index (χ1n) is 5.12. The molecular formula is C11H10F2N4O. The van der Waals surface area contributed by atoms with E-state index >= 15 is 0 Å². The summed E-state index contributed by atoms with van der Waals surface area (Å²) in [5.74, 6) is -3.13. The standard InChI is InChI=1S/C11H10F2N4O/c1-17(6-7-4-15-16-5-7)11(18)8-2-3-14-10(13)9(8)12/h2-5H,6H2,1H3,(H,15,16). The fourth-order valence-corrected chi connectivity index (χ4v) is 1.50. The van der Waals surface area contributed by atoms with Gasteiger partial charge in [0.1, 0.15) is 0 Å². The Morgan fingerprint density at radius 2 is 2.28 bits per heavy atom. The third-order valence-corrected chi connectivity index (χ3v) is 2.40. The predicted molar refractivity (Wildman–Crippen MR) is 58.5 cm³/mol. The third kappa shape index (κ3) is 2.34. The normalized spacial score (nSPS) is 10.4. The average Bonchev–Trinajstić information content (AvgIpc) is 2.84. The zero-order valence-corrected chi connectivity index (χ0v) is 9.52. The Balaban J connectivity index is 2.18. The van der Waals surface area contributed by atoms with Crippen molar-refractivity contribution in [3.05, 3.63) is 47.5 Å². The van der Waals surface area contributed by atoms with Gasteiger partial charge in [-0.1, -0.05) is 0 Å². The molecule has 5 nitrogen and oxygen atoms in total. The summed E-state index contributed by atoms with van der Waals surface area (Å²) in [6.45, 7) is 0.249. The number of halogens is 2. The maximum Gasteiger partial charge on any atom is 0.257 e. The number of aromatic nitrogens is 3. The summed E-state index contributed by atoms with van der Waals surface area (Å²) in [6, 6.07) is 1.15. The van der Waals surface area contributed by atoms with Gasteiger partial charge in [0, 0.05) is 31.5 Å². The van der Waals surface area contributed by atoms with Crippen LogP contribution in [0.1, 0.15) is 15.9 Å². The molecule has 0 unspecified atom stereocenters. The lowest BCUT2D eigenvalue weighted by Gasteiger charge is -2.16. The van der Waals surface area contributed by atoms with Crippen molar-refractivity contribution in [2.75, 3.05) is 7.05 Å². The molecule has 0 spiro atoms. The fraction of sp³-hybridized carbons (Fsp3) is 0.182. The highest BCUT2D eigenvalue weighted by Crippen LogP contribution is 2.12. The van der Waals surface area contributed by atoms with E-state index in [0.29, 0.717) is 0 Å². The molecule has 1 amide bonds. The minimum absolute atomic E-state index is 0.249. The van der Waals surface area contributed by atoms with Gasteiger partial charge in [0.05, 0.1) is 11.8 Å². The van der Waals surface area contributed by atoms with E-state index in [2.05, 4.69) is 15.2 Å². The number of H-pyrrole nitrogens is 1. The topological polar surface area (TPSA) is 61.9 Å². The van der Waals surface area contributed by atoms with Crippen LogP contribution in [0.4, 0.5) is 8.78 Å². The lowest BCUT2D eigenvalue weighted by molar-refractivity contribution is 0.0779. The van der Waals surface area contributed by atoms with Crippen molar-refractivity contribution in [1.29, 1.82) is 0 Å². The summed E-state index contributed by atoms with van der Waals surface area (Å²) in [4.78, 5) is 16.3. The maximum absolute atomic E-state index is 13.4. The quantitative estimate of drug-likeness (QED) is 0.839. The fourth-order valence-electron chi connectivity index (χ4n) is 1.50. The SMILES string of the molecule is CN(Cc1cn[nH]c1)C(=O)c1ccnc(F)c1F. The zero-order valence-electron chi connectivity index (χ0n) is 9.52. The molecule has 18 heavy (non-hydrogen) atoms. The number of carbonyl (C=O) groups is 1. The lowest BCUT2D eigenvalue weighted by atomic mass is 10.2. The van der Waals surface area contributed by atoms with E-state index in [4.69, 9.17) is 0 Å². The van der Waals surface area contributed by atoms with Crippen LogP contribution >= 0.6 is 0 Å². The number of aromatic amines is 1. The molecule has 0 aliphatic carbocycles. The largest absolute Gasteiger partial charge is 0.337 e. The highest BCUT2D eigenvalue weighted by molar-refractivity contribution is 5.94. The van der Waals surface area contributed by atoms with Gasteiger partial charge in [0.2, 0.25) is 5.95 Å². The molecule has 0 radical (unpaired) electrons. The molecule has 7 heteroatoms. The van der Waals surface area contributed by atoms with Crippen molar-refractivity contribution in [3.63, 3.8) is 0 Å². The van der Waals surface area contributed by atoms with Crippen molar-refractivity contribution in [2.24, 2.45) is 0 Å². The van der Waals surface area contributed by atoms with Gasteiger partial charge in [-0.05, 0) is 6.07 Å². The molecule has 2 aromatic rings. The summed E-state index contributed by atoms with van der Waals surface area (Å²) in [6.07, 6.45) is 4.22. The van der Waals surface area contributed by atoms with Crippen LogP contribution in [0.2, 0.25) is 0 Å². The molecule has 2 rings (SSSR count). The second-order valence-electron chi connectivity index (χ2n) is 3.73. The number of hydrogen-bond donors (Lipinski definition) is 1. The number of nitrogens with zero attached hydrogens (tertiary/aromatic N) is 3. The van der Waals surface area contributed by atoms with Crippen LogP contribution in [0.5, 0.6) is 0 Å². The third-order valence-electron chi connectivity index (χ3n) is 2.40. The van der Waals surface area contributed by atoms with Crippen molar-refractivity contribution >= 4 is 5.91 Å². The molecule has 0 aliphatic heterocycles. The molecular weight excluding hydrogens is 242 g/mol. The van der Waals surface area contributed by atoms with Gasteiger partial charge in [-0.3, -0.25) is 9.89 Å². The first kappa shape index (κ1) is 12.2. The van der Waals surface area contributed by atoms with E-state index in [1.54, 1.807) is 12.4 Å². The zero-order chi connectivity index (χ0) is 13.1. The molecule has 0 bridgehead atoms. The summed E-state index contributed by atoms with van der Waals surface area (Å²) < 4.78 is 26.3. The van der Waals surface area contributed by atoms with E-state index in [-0.39, 0.29) is 12.1 Å². The Morgan fingerprint density at radius 3 is 2.94 bits per heavy atom. The molecule has 2 aromatic heterocycles. The van der Waals surface area contributed by atoms with E-state index in [9.17, 15) is 13.6 Å². The van der Waals surface area contributed by atoms with E-state index in [0.717, 1.165) is 17.8 Å². The number of carbonyl (C=O) groups excluding carboxylic acids is 1. The molecule has 0 aromatic carbocycles. The van der Waals surface area contributed by atoms with Crippen LogP contribution in [0.25, 0.3) is 0 Å². The summed E-state index contributed by atoms with van der Waals surface area (Å²) in [5.41, 5.74) is 0.425. The first-order valence-corrected chi connectivity index (χ1v) is 5.12. The van der Waals surface area contributed by atoms with Crippen LogP contribution in [-0.2, 0) is 6.54 Å². The van der Waals surface area contributed by atoms with E-state index in [1.807, 2.05) is 0 Å². The second kappa shape index (κ2) is 4.91.